The Balaban J connectivity index is 2.80. The lowest BCUT2D eigenvalue weighted by atomic mass is 9.95. The maximum atomic E-state index is 11.8. The second-order valence-corrected chi connectivity index (χ2v) is 4.74. The third-order valence-electron chi connectivity index (χ3n) is 2.10. The predicted octanol–water partition coefficient (Wildman–Crippen LogP) is 3.18. The third-order valence-corrected chi connectivity index (χ3v) is 3.16. The van der Waals surface area contributed by atoms with Crippen molar-refractivity contribution in [3.05, 3.63) is 24.3 Å². The monoisotopic (exact) mass is 243 g/mol. The summed E-state index contributed by atoms with van der Waals surface area (Å²) in [5.41, 5.74) is 0.140. The number of anilines is 1. The van der Waals surface area contributed by atoms with Crippen molar-refractivity contribution in [2.45, 2.75) is 18.7 Å². The molecule has 0 heterocycles. The van der Waals surface area contributed by atoms with Crippen LogP contribution in [0.1, 0.15) is 13.8 Å². The van der Waals surface area contributed by atoms with Gasteiger partial charge in [0.2, 0.25) is 5.91 Å². The van der Waals surface area contributed by atoms with E-state index in [1.54, 1.807) is 13.8 Å². The fourth-order valence-electron chi connectivity index (χ4n) is 0.932. The predicted molar refractivity (Wildman–Crippen MR) is 66.8 cm³/mol. The van der Waals surface area contributed by atoms with Crippen LogP contribution >= 0.6 is 24.2 Å². The van der Waals surface area contributed by atoms with Gasteiger partial charge in [-0.2, -0.15) is 0 Å². The van der Waals surface area contributed by atoms with Gasteiger partial charge < -0.3 is 5.32 Å². The summed E-state index contributed by atoms with van der Waals surface area (Å²) in [6, 6.07) is 7.35. The van der Waals surface area contributed by atoms with E-state index in [0.717, 1.165) is 4.90 Å². The van der Waals surface area contributed by atoms with E-state index in [0.29, 0.717) is 5.69 Å². The number of carbonyl (C=O) groups is 1. The first-order chi connectivity index (χ1) is 6.97. The summed E-state index contributed by atoms with van der Waals surface area (Å²) < 4.78 is 0. The number of halogens is 1. The third kappa shape index (κ3) is 3.14. The van der Waals surface area contributed by atoms with Gasteiger partial charge in [-0.3, -0.25) is 4.79 Å². The molecule has 15 heavy (non-hydrogen) atoms. The van der Waals surface area contributed by atoms with Gasteiger partial charge in [0.05, 0.1) is 11.1 Å². The lowest BCUT2D eigenvalue weighted by Crippen LogP contribution is -2.32. The first-order valence-corrected chi connectivity index (χ1v) is 5.61. The summed E-state index contributed by atoms with van der Waals surface area (Å²) in [4.78, 5) is 12.5. The Kier molecular flexibility index (Phi) is 4.05. The second-order valence-electron chi connectivity index (χ2n) is 3.99. The summed E-state index contributed by atoms with van der Waals surface area (Å²) in [7, 11) is 0. The fourth-order valence-corrected chi connectivity index (χ4v) is 1.27. The molecular formula is C11H14ClNOS. The van der Waals surface area contributed by atoms with E-state index in [-0.39, 0.29) is 11.8 Å². The van der Waals surface area contributed by atoms with Crippen LogP contribution in [0.25, 0.3) is 0 Å². The standard InChI is InChI=1S/C11H14ClNOS/c1-11(2,7-12)10(14)13-8-5-3-4-6-9(8)15/h3-6,15H,7H2,1-2H3,(H,13,14). The van der Waals surface area contributed by atoms with Gasteiger partial charge in [0, 0.05) is 10.8 Å². The summed E-state index contributed by atoms with van der Waals surface area (Å²) in [6.45, 7) is 3.60. The number of rotatable bonds is 3. The molecule has 0 fully saturated rings. The number of thiol groups is 1. The molecule has 4 heteroatoms. The molecule has 0 atom stereocenters. The maximum Gasteiger partial charge on any atom is 0.231 e. The van der Waals surface area contributed by atoms with Crippen LogP contribution in [0.4, 0.5) is 5.69 Å². The van der Waals surface area contributed by atoms with Gasteiger partial charge in [0.15, 0.2) is 0 Å². The second kappa shape index (κ2) is 4.90. The summed E-state index contributed by atoms with van der Waals surface area (Å²) >= 11 is 9.96. The molecule has 1 amide bonds. The highest BCUT2D eigenvalue weighted by molar-refractivity contribution is 7.80. The molecule has 0 saturated heterocycles. The van der Waals surface area contributed by atoms with Gasteiger partial charge in [-0.05, 0) is 26.0 Å². The van der Waals surface area contributed by atoms with E-state index < -0.39 is 5.41 Å². The molecular weight excluding hydrogens is 230 g/mol. The summed E-state index contributed by atoms with van der Waals surface area (Å²) in [6.07, 6.45) is 0. The maximum absolute atomic E-state index is 11.8. The van der Waals surface area contributed by atoms with Crippen molar-refractivity contribution in [2.24, 2.45) is 5.41 Å². The average Bonchev–Trinajstić information content (AvgIpc) is 2.21. The molecule has 2 nitrogen and oxygen atoms in total. The molecule has 0 saturated carbocycles. The molecule has 0 aliphatic carbocycles. The first-order valence-electron chi connectivity index (χ1n) is 4.63. The average molecular weight is 244 g/mol. The number of para-hydroxylation sites is 1. The van der Waals surface area contributed by atoms with Gasteiger partial charge in [-0.25, -0.2) is 0 Å². The van der Waals surface area contributed by atoms with Gasteiger partial charge in [0.25, 0.3) is 0 Å². The Morgan fingerprint density at radius 1 is 1.47 bits per heavy atom. The molecule has 82 valence electrons. The lowest BCUT2D eigenvalue weighted by Gasteiger charge is -2.20. The van der Waals surface area contributed by atoms with E-state index in [2.05, 4.69) is 17.9 Å². The molecule has 0 aliphatic heterocycles. The highest BCUT2D eigenvalue weighted by Crippen LogP contribution is 2.23. The van der Waals surface area contributed by atoms with Gasteiger partial charge in [0.1, 0.15) is 0 Å². The van der Waals surface area contributed by atoms with Gasteiger partial charge in [-0.1, -0.05) is 12.1 Å². The Labute approximate surface area is 100 Å². The van der Waals surface area contributed by atoms with Crippen LogP contribution in [-0.4, -0.2) is 11.8 Å². The Morgan fingerprint density at radius 3 is 2.60 bits per heavy atom. The topological polar surface area (TPSA) is 29.1 Å². The molecule has 1 N–H and O–H groups in total. The van der Waals surface area contributed by atoms with E-state index in [1.165, 1.54) is 0 Å². The number of benzene rings is 1. The Morgan fingerprint density at radius 2 is 2.07 bits per heavy atom. The molecule has 0 aromatic heterocycles. The Hall–Kier alpha value is -0.670. The van der Waals surface area contributed by atoms with Crippen molar-refractivity contribution >= 4 is 35.8 Å². The molecule has 0 aliphatic rings. The molecule has 0 unspecified atom stereocenters. The van der Waals surface area contributed by atoms with Gasteiger partial charge in [-0.15, -0.1) is 24.2 Å². The summed E-state index contributed by atoms with van der Waals surface area (Å²) in [5, 5.41) is 2.80. The minimum absolute atomic E-state index is 0.0981. The summed E-state index contributed by atoms with van der Waals surface area (Å²) in [5.74, 6) is 0.187. The SMILES string of the molecule is CC(C)(CCl)C(=O)Nc1ccccc1S. The minimum Gasteiger partial charge on any atom is -0.325 e. The number of hydrogen-bond donors (Lipinski definition) is 2. The van der Waals surface area contributed by atoms with Crippen LogP contribution in [0.5, 0.6) is 0 Å². The number of alkyl halides is 1. The zero-order valence-electron chi connectivity index (χ0n) is 8.75. The molecule has 1 aromatic rings. The number of nitrogens with one attached hydrogen (secondary N) is 1. The normalized spacial score (nSPS) is 11.2. The van der Waals surface area contributed by atoms with Crippen molar-refractivity contribution in [3.63, 3.8) is 0 Å². The van der Waals surface area contributed by atoms with Gasteiger partial charge >= 0.3 is 0 Å². The van der Waals surface area contributed by atoms with E-state index in [1.807, 2.05) is 24.3 Å². The van der Waals surface area contributed by atoms with Crippen molar-refractivity contribution < 1.29 is 4.79 Å². The van der Waals surface area contributed by atoms with Crippen molar-refractivity contribution in [3.8, 4) is 0 Å². The number of hydrogen-bond acceptors (Lipinski definition) is 2. The van der Waals surface area contributed by atoms with Crippen LogP contribution in [0.2, 0.25) is 0 Å². The zero-order valence-corrected chi connectivity index (χ0v) is 10.4. The Bertz CT molecular complexity index is 365. The van der Waals surface area contributed by atoms with Crippen molar-refractivity contribution in [1.82, 2.24) is 0 Å². The van der Waals surface area contributed by atoms with Crippen LogP contribution < -0.4 is 5.32 Å². The van der Waals surface area contributed by atoms with Crippen LogP contribution in [0.15, 0.2) is 29.2 Å². The number of carbonyl (C=O) groups excluding carboxylic acids is 1. The van der Waals surface area contributed by atoms with Crippen LogP contribution in [-0.2, 0) is 4.79 Å². The van der Waals surface area contributed by atoms with Crippen molar-refractivity contribution in [2.75, 3.05) is 11.2 Å². The van der Waals surface area contributed by atoms with Crippen LogP contribution in [0.3, 0.4) is 0 Å². The largest absolute Gasteiger partial charge is 0.325 e. The van der Waals surface area contributed by atoms with E-state index >= 15 is 0 Å². The molecule has 0 spiro atoms. The quantitative estimate of drug-likeness (QED) is 0.620. The minimum atomic E-state index is -0.572. The van der Waals surface area contributed by atoms with Crippen LogP contribution in [0, 0.1) is 5.41 Å². The number of amides is 1. The molecule has 1 rings (SSSR count). The van der Waals surface area contributed by atoms with E-state index in [9.17, 15) is 4.79 Å². The smallest absolute Gasteiger partial charge is 0.231 e. The lowest BCUT2D eigenvalue weighted by molar-refractivity contribution is -0.122. The zero-order chi connectivity index (χ0) is 11.5. The highest BCUT2D eigenvalue weighted by Gasteiger charge is 2.26. The van der Waals surface area contributed by atoms with E-state index in [4.69, 9.17) is 11.6 Å². The molecule has 0 radical (unpaired) electrons. The molecule has 1 aromatic carbocycles. The highest BCUT2D eigenvalue weighted by atomic mass is 35.5. The first kappa shape index (κ1) is 12.4. The fraction of sp³-hybridized carbons (Fsp3) is 0.364. The molecule has 0 bridgehead atoms. The van der Waals surface area contributed by atoms with Crippen molar-refractivity contribution in [1.29, 1.82) is 0 Å².